The number of anilines is 2. The summed E-state index contributed by atoms with van der Waals surface area (Å²) in [6.07, 6.45) is 3.06. The van der Waals surface area contributed by atoms with Gasteiger partial charge in [0.05, 0.1) is 5.69 Å². The summed E-state index contributed by atoms with van der Waals surface area (Å²) in [5.41, 5.74) is 0.852. The average molecular weight is 270 g/mol. The molecule has 0 spiro atoms. The van der Waals surface area contributed by atoms with Crippen LogP contribution in [-0.2, 0) is 4.79 Å². The monoisotopic (exact) mass is 270 g/mol. The van der Waals surface area contributed by atoms with Crippen LogP contribution in [0.3, 0.4) is 0 Å². The molecule has 2 amide bonds. The van der Waals surface area contributed by atoms with Gasteiger partial charge in [0.1, 0.15) is 5.75 Å². The van der Waals surface area contributed by atoms with Gasteiger partial charge in [-0.05, 0) is 24.3 Å². The van der Waals surface area contributed by atoms with E-state index in [-0.39, 0.29) is 24.4 Å². The third kappa shape index (κ3) is 2.41. The molecule has 2 aromatic rings. The Balaban J connectivity index is 1.82. The number of ether oxygens (including phenoxy) is 1. The molecule has 0 saturated heterocycles. The summed E-state index contributed by atoms with van der Waals surface area (Å²) in [5, 5.41) is 5.21. The maximum absolute atomic E-state index is 12.0. The van der Waals surface area contributed by atoms with Crippen molar-refractivity contribution in [1.29, 1.82) is 0 Å². The predicted octanol–water partition coefficient (Wildman–Crippen LogP) is 1.06. The quantitative estimate of drug-likeness (QED) is 0.851. The van der Waals surface area contributed by atoms with Crippen molar-refractivity contribution in [2.24, 2.45) is 0 Å². The zero-order valence-electron chi connectivity index (χ0n) is 10.3. The zero-order chi connectivity index (χ0) is 13.9. The van der Waals surface area contributed by atoms with Crippen LogP contribution in [0.1, 0.15) is 10.4 Å². The van der Waals surface area contributed by atoms with Gasteiger partial charge in [0.2, 0.25) is 5.95 Å². The Morgan fingerprint density at radius 1 is 1.30 bits per heavy atom. The molecule has 20 heavy (non-hydrogen) atoms. The van der Waals surface area contributed by atoms with Gasteiger partial charge < -0.3 is 10.1 Å². The number of nitrogens with one attached hydrogen (secondary N) is 2. The molecule has 1 aliphatic heterocycles. The van der Waals surface area contributed by atoms with Gasteiger partial charge in [0.25, 0.3) is 11.8 Å². The lowest BCUT2D eigenvalue weighted by Crippen LogP contribution is -2.25. The van der Waals surface area contributed by atoms with Crippen molar-refractivity contribution in [3.63, 3.8) is 0 Å². The molecular formula is C13H10N4O3. The van der Waals surface area contributed by atoms with Crippen molar-refractivity contribution in [3.05, 3.63) is 42.2 Å². The first-order valence-corrected chi connectivity index (χ1v) is 5.87. The molecular weight excluding hydrogens is 260 g/mol. The Kier molecular flexibility index (Phi) is 3.00. The number of rotatable bonds is 2. The van der Waals surface area contributed by atoms with Crippen LogP contribution in [0.2, 0.25) is 0 Å². The Morgan fingerprint density at radius 2 is 2.10 bits per heavy atom. The molecule has 0 atom stereocenters. The van der Waals surface area contributed by atoms with E-state index in [1.54, 1.807) is 24.3 Å². The van der Waals surface area contributed by atoms with Gasteiger partial charge in [-0.2, -0.15) is 0 Å². The van der Waals surface area contributed by atoms with Crippen LogP contribution in [0, 0.1) is 0 Å². The first-order valence-electron chi connectivity index (χ1n) is 5.87. The van der Waals surface area contributed by atoms with Crippen molar-refractivity contribution in [1.82, 2.24) is 9.97 Å². The van der Waals surface area contributed by atoms with E-state index in [4.69, 9.17) is 4.74 Å². The number of carbonyl (C=O) groups is 2. The highest BCUT2D eigenvalue weighted by molar-refractivity contribution is 6.05. The number of hydrogen-bond donors (Lipinski definition) is 2. The molecule has 0 aliphatic carbocycles. The molecule has 1 aliphatic rings. The van der Waals surface area contributed by atoms with E-state index < -0.39 is 0 Å². The number of nitrogens with zero attached hydrogens (tertiary/aromatic N) is 2. The van der Waals surface area contributed by atoms with Crippen LogP contribution in [-0.4, -0.2) is 28.4 Å². The number of amides is 2. The molecule has 0 fully saturated rings. The van der Waals surface area contributed by atoms with Crippen LogP contribution in [0.4, 0.5) is 11.6 Å². The molecule has 0 saturated carbocycles. The first-order chi connectivity index (χ1) is 9.72. The lowest BCUT2D eigenvalue weighted by atomic mass is 10.1. The molecule has 0 radical (unpaired) electrons. The number of benzene rings is 1. The highest BCUT2D eigenvalue weighted by Gasteiger charge is 2.18. The normalized spacial score (nSPS) is 12.9. The van der Waals surface area contributed by atoms with Gasteiger partial charge in [-0.15, -0.1) is 0 Å². The second-order valence-corrected chi connectivity index (χ2v) is 4.07. The zero-order valence-corrected chi connectivity index (χ0v) is 10.3. The van der Waals surface area contributed by atoms with Gasteiger partial charge in [-0.25, -0.2) is 9.97 Å². The number of hydrogen-bond acceptors (Lipinski definition) is 5. The highest BCUT2D eigenvalue weighted by Crippen LogP contribution is 2.28. The fourth-order valence-electron chi connectivity index (χ4n) is 1.76. The minimum absolute atomic E-state index is 0.0175. The fourth-order valence-corrected chi connectivity index (χ4v) is 1.76. The molecule has 7 nitrogen and oxygen atoms in total. The van der Waals surface area contributed by atoms with Gasteiger partial charge >= 0.3 is 0 Å². The SMILES string of the molecule is O=C1COc2ccc(C(=O)Nc3ncccn3)cc2N1. The predicted molar refractivity (Wildman–Crippen MR) is 70.6 cm³/mol. The first kappa shape index (κ1) is 12.1. The van der Waals surface area contributed by atoms with Crippen LogP contribution < -0.4 is 15.4 Å². The standard InChI is InChI=1S/C13H10N4O3/c18-11-7-20-10-3-2-8(6-9(10)16-11)12(19)17-13-14-4-1-5-15-13/h1-6H,7H2,(H,16,18)(H,14,15,17,19). The number of fused-ring (bicyclic) bond motifs is 1. The van der Waals surface area contributed by atoms with Crippen molar-refractivity contribution in [2.45, 2.75) is 0 Å². The van der Waals surface area contributed by atoms with E-state index in [1.165, 1.54) is 12.4 Å². The Morgan fingerprint density at radius 3 is 2.90 bits per heavy atom. The third-order valence-electron chi connectivity index (χ3n) is 2.67. The van der Waals surface area contributed by atoms with Gasteiger partial charge in [0, 0.05) is 18.0 Å². The summed E-state index contributed by atoms with van der Waals surface area (Å²) >= 11 is 0. The van der Waals surface area contributed by atoms with Crippen molar-refractivity contribution in [3.8, 4) is 5.75 Å². The summed E-state index contributed by atoms with van der Waals surface area (Å²) in [7, 11) is 0. The average Bonchev–Trinajstić information content (AvgIpc) is 2.47. The molecule has 2 heterocycles. The molecule has 1 aromatic heterocycles. The molecule has 100 valence electrons. The lowest BCUT2D eigenvalue weighted by molar-refractivity contribution is -0.118. The van der Waals surface area contributed by atoms with Crippen molar-refractivity contribution < 1.29 is 14.3 Å². The maximum atomic E-state index is 12.0. The van der Waals surface area contributed by atoms with E-state index >= 15 is 0 Å². The van der Waals surface area contributed by atoms with Crippen LogP contribution in [0.15, 0.2) is 36.7 Å². The Labute approximate surface area is 114 Å². The second kappa shape index (κ2) is 4.96. The minimum atomic E-state index is -0.362. The number of carbonyl (C=O) groups excluding carboxylic acids is 2. The second-order valence-electron chi connectivity index (χ2n) is 4.07. The number of aromatic nitrogens is 2. The fraction of sp³-hybridized carbons (Fsp3) is 0.0769. The van der Waals surface area contributed by atoms with E-state index in [1.807, 2.05) is 0 Å². The smallest absolute Gasteiger partial charge is 0.262 e. The van der Waals surface area contributed by atoms with Crippen molar-refractivity contribution >= 4 is 23.5 Å². The topological polar surface area (TPSA) is 93.2 Å². The Bertz CT molecular complexity index is 673. The van der Waals surface area contributed by atoms with E-state index in [2.05, 4.69) is 20.6 Å². The third-order valence-corrected chi connectivity index (χ3v) is 2.67. The van der Waals surface area contributed by atoms with E-state index in [0.29, 0.717) is 17.0 Å². The summed E-state index contributed by atoms with van der Waals surface area (Å²) in [4.78, 5) is 31.1. The van der Waals surface area contributed by atoms with Crippen LogP contribution in [0.5, 0.6) is 5.75 Å². The summed E-state index contributed by atoms with van der Waals surface area (Å²) < 4.78 is 5.22. The lowest BCUT2D eigenvalue weighted by Gasteiger charge is -2.18. The summed E-state index contributed by atoms with van der Waals surface area (Å²) in [5.74, 6) is 0.146. The minimum Gasteiger partial charge on any atom is -0.482 e. The molecule has 0 unspecified atom stereocenters. The molecule has 7 heteroatoms. The molecule has 3 rings (SSSR count). The van der Waals surface area contributed by atoms with Crippen LogP contribution >= 0.6 is 0 Å². The molecule has 0 bridgehead atoms. The van der Waals surface area contributed by atoms with Gasteiger partial charge in [-0.3, -0.25) is 14.9 Å². The molecule has 2 N–H and O–H groups in total. The molecule has 1 aromatic carbocycles. The van der Waals surface area contributed by atoms with Gasteiger partial charge in [0.15, 0.2) is 6.61 Å². The maximum Gasteiger partial charge on any atom is 0.262 e. The summed E-state index contributed by atoms with van der Waals surface area (Å²) in [6, 6.07) is 6.44. The van der Waals surface area contributed by atoms with Crippen molar-refractivity contribution in [2.75, 3.05) is 17.2 Å². The van der Waals surface area contributed by atoms with Crippen LogP contribution in [0.25, 0.3) is 0 Å². The highest BCUT2D eigenvalue weighted by atomic mass is 16.5. The van der Waals surface area contributed by atoms with E-state index in [9.17, 15) is 9.59 Å². The van der Waals surface area contributed by atoms with E-state index in [0.717, 1.165) is 0 Å². The summed E-state index contributed by atoms with van der Waals surface area (Å²) in [6.45, 7) is -0.0175. The largest absolute Gasteiger partial charge is 0.482 e. The Hall–Kier alpha value is -2.96. The van der Waals surface area contributed by atoms with Gasteiger partial charge in [-0.1, -0.05) is 0 Å².